The van der Waals surface area contributed by atoms with E-state index >= 15 is 0 Å². The summed E-state index contributed by atoms with van der Waals surface area (Å²) in [5, 5.41) is 8.11. The van der Waals surface area contributed by atoms with Crippen LogP contribution in [0.2, 0.25) is 0 Å². The monoisotopic (exact) mass is 393 g/mol. The minimum absolute atomic E-state index is 0.0680. The summed E-state index contributed by atoms with van der Waals surface area (Å²) in [4.78, 5) is 29.9. The van der Waals surface area contributed by atoms with E-state index in [4.69, 9.17) is 0 Å². The number of nitrogens with one attached hydrogen (secondary N) is 2. The van der Waals surface area contributed by atoms with Crippen LogP contribution < -0.4 is 10.6 Å². The van der Waals surface area contributed by atoms with Gasteiger partial charge in [-0.3, -0.25) is 9.59 Å². The highest BCUT2D eigenvalue weighted by molar-refractivity contribution is 7.14. The standard InChI is InChI=1S/C22H23N3O2S/c1-14(2)19(24-20(26)17-12-8-7-9-15(17)3)21(27)25-22-23-18(13-28-22)16-10-5-4-6-11-16/h4-14,19H,1-3H3,(H,24,26)(H,23,25,27). The lowest BCUT2D eigenvalue weighted by Gasteiger charge is -2.21. The fourth-order valence-corrected chi connectivity index (χ4v) is 3.56. The summed E-state index contributed by atoms with van der Waals surface area (Å²) >= 11 is 1.36. The molecule has 6 heteroatoms. The van der Waals surface area contributed by atoms with Crippen molar-refractivity contribution in [3.63, 3.8) is 0 Å². The molecule has 0 fully saturated rings. The van der Waals surface area contributed by atoms with E-state index in [0.29, 0.717) is 10.7 Å². The van der Waals surface area contributed by atoms with Crippen LogP contribution >= 0.6 is 11.3 Å². The lowest BCUT2D eigenvalue weighted by atomic mass is 10.0. The third-order valence-electron chi connectivity index (χ3n) is 4.43. The molecule has 0 radical (unpaired) electrons. The average Bonchev–Trinajstić information content (AvgIpc) is 3.15. The van der Waals surface area contributed by atoms with Crippen LogP contribution in [0.1, 0.15) is 29.8 Å². The molecule has 0 saturated heterocycles. The van der Waals surface area contributed by atoms with Gasteiger partial charge in [0.15, 0.2) is 5.13 Å². The molecule has 3 rings (SSSR count). The number of aromatic nitrogens is 1. The van der Waals surface area contributed by atoms with E-state index in [0.717, 1.165) is 16.8 Å². The lowest BCUT2D eigenvalue weighted by Crippen LogP contribution is -2.47. The van der Waals surface area contributed by atoms with E-state index in [2.05, 4.69) is 15.6 Å². The first-order valence-electron chi connectivity index (χ1n) is 9.14. The van der Waals surface area contributed by atoms with Crippen LogP contribution in [-0.4, -0.2) is 22.8 Å². The number of carbonyl (C=O) groups is 2. The van der Waals surface area contributed by atoms with Crippen molar-refractivity contribution in [2.75, 3.05) is 5.32 Å². The Balaban J connectivity index is 1.71. The van der Waals surface area contributed by atoms with Crippen molar-refractivity contribution in [2.24, 2.45) is 5.92 Å². The van der Waals surface area contributed by atoms with E-state index in [1.54, 1.807) is 6.07 Å². The van der Waals surface area contributed by atoms with Crippen molar-refractivity contribution in [2.45, 2.75) is 26.8 Å². The van der Waals surface area contributed by atoms with Gasteiger partial charge in [0.1, 0.15) is 6.04 Å². The molecule has 28 heavy (non-hydrogen) atoms. The van der Waals surface area contributed by atoms with Gasteiger partial charge < -0.3 is 10.6 Å². The topological polar surface area (TPSA) is 71.1 Å². The second kappa shape index (κ2) is 8.80. The molecule has 0 spiro atoms. The van der Waals surface area contributed by atoms with Gasteiger partial charge in [-0.1, -0.05) is 62.4 Å². The Labute approximate surface area is 168 Å². The zero-order chi connectivity index (χ0) is 20.1. The Morgan fingerprint density at radius 1 is 1.00 bits per heavy atom. The zero-order valence-corrected chi connectivity index (χ0v) is 16.9. The van der Waals surface area contributed by atoms with Crippen LogP contribution in [0.5, 0.6) is 0 Å². The highest BCUT2D eigenvalue weighted by Crippen LogP contribution is 2.25. The normalized spacial score (nSPS) is 11.9. The molecule has 144 valence electrons. The van der Waals surface area contributed by atoms with E-state index in [-0.39, 0.29) is 17.7 Å². The van der Waals surface area contributed by atoms with Gasteiger partial charge in [-0.15, -0.1) is 11.3 Å². The third-order valence-corrected chi connectivity index (χ3v) is 5.19. The number of hydrogen-bond acceptors (Lipinski definition) is 4. The first-order chi connectivity index (χ1) is 13.5. The third kappa shape index (κ3) is 4.64. The van der Waals surface area contributed by atoms with Crippen molar-refractivity contribution < 1.29 is 9.59 Å². The van der Waals surface area contributed by atoms with Crippen molar-refractivity contribution >= 4 is 28.3 Å². The van der Waals surface area contributed by atoms with Crippen LogP contribution in [-0.2, 0) is 4.79 Å². The van der Waals surface area contributed by atoms with Crippen LogP contribution in [0, 0.1) is 12.8 Å². The molecule has 2 amide bonds. The van der Waals surface area contributed by atoms with E-state index in [1.165, 1.54) is 11.3 Å². The largest absolute Gasteiger partial charge is 0.340 e. The van der Waals surface area contributed by atoms with E-state index in [9.17, 15) is 9.59 Å². The lowest BCUT2D eigenvalue weighted by molar-refractivity contribution is -0.118. The summed E-state index contributed by atoms with van der Waals surface area (Å²) in [6.45, 7) is 5.68. The molecule has 0 aliphatic heterocycles. The summed E-state index contributed by atoms with van der Waals surface area (Å²) in [5.41, 5.74) is 3.25. The van der Waals surface area contributed by atoms with Gasteiger partial charge in [-0.05, 0) is 24.5 Å². The smallest absolute Gasteiger partial charge is 0.252 e. The van der Waals surface area contributed by atoms with Crippen LogP contribution in [0.25, 0.3) is 11.3 Å². The molecular weight excluding hydrogens is 370 g/mol. The minimum atomic E-state index is -0.656. The quantitative estimate of drug-likeness (QED) is 0.647. The molecule has 0 bridgehead atoms. The van der Waals surface area contributed by atoms with Gasteiger partial charge in [-0.25, -0.2) is 4.98 Å². The van der Waals surface area contributed by atoms with E-state index < -0.39 is 6.04 Å². The van der Waals surface area contributed by atoms with Gasteiger partial charge in [0.25, 0.3) is 5.91 Å². The Bertz CT molecular complexity index is 967. The first kappa shape index (κ1) is 19.8. The summed E-state index contributed by atoms with van der Waals surface area (Å²) in [5.74, 6) is -0.594. The number of anilines is 1. The number of aryl methyl sites for hydroxylation is 1. The van der Waals surface area contributed by atoms with Gasteiger partial charge in [-0.2, -0.15) is 0 Å². The molecule has 0 saturated carbocycles. The number of amides is 2. The van der Waals surface area contributed by atoms with Crippen molar-refractivity contribution in [1.82, 2.24) is 10.3 Å². The molecule has 3 aromatic rings. The number of nitrogens with zero attached hydrogens (tertiary/aromatic N) is 1. The molecule has 0 aliphatic carbocycles. The molecule has 1 unspecified atom stereocenters. The Morgan fingerprint density at radius 3 is 2.36 bits per heavy atom. The minimum Gasteiger partial charge on any atom is -0.340 e. The molecule has 5 nitrogen and oxygen atoms in total. The van der Waals surface area contributed by atoms with Gasteiger partial charge in [0, 0.05) is 16.5 Å². The van der Waals surface area contributed by atoms with Gasteiger partial charge in [0.05, 0.1) is 5.69 Å². The molecule has 1 atom stereocenters. The molecule has 1 aromatic heterocycles. The molecule has 2 N–H and O–H groups in total. The summed E-state index contributed by atoms with van der Waals surface area (Å²) in [6, 6.07) is 16.5. The van der Waals surface area contributed by atoms with Gasteiger partial charge in [0.2, 0.25) is 5.91 Å². The second-order valence-corrected chi connectivity index (χ2v) is 7.76. The average molecular weight is 394 g/mol. The summed E-state index contributed by atoms with van der Waals surface area (Å²) in [7, 11) is 0. The zero-order valence-electron chi connectivity index (χ0n) is 16.1. The second-order valence-electron chi connectivity index (χ2n) is 6.90. The molecule has 2 aromatic carbocycles. The molecular formula is C22H23N3O2S. The maximum absolute atomic E-state index is 12.8. The fourth-order valence-electron chi connectivity index (χ4n) is 2.84. The van der Waals surface area contributed by atoms with Crippen molar-refractivity contribution in [1.29, 1.82) is 0 Å². The SMILES string of the molecule is Cc1ccccc1C(=O)NC(C(=O)Nc1nc(-c2ccccc2)cs1)C(C)C. The predicted octanol–water partition coefficient (Wildman–Crippen LogP) is 4.51. The number of hydrogen-bond donors (Lipinski definition) is 2. The van der Waals surface area contributed by atoms with Crippen LogP contribution in [0.15, 0.2) is 60.0 Å². The number of thiazole rings is 1. The highest BCUT2D eigenvalue weighted by Gasteiger charge is 2.26. The first-order valence-corrected chi connectivity index (χ1v) is 10.0. The fraction of sp³-hybridized carbons (Fsp3) is 0.227. The Hall–Kier alpha value is -2.99. The maximum atomic E-state index is 12.8. The predicted molar refractivity (Wildman–Crippen MR) is 113 cm³/mol. The van der Waals surface area contributed by atoms with E-state index in [1.807, 2.05) is 74.7 Å². The summed E-state index contributed by atoms with van der Waals surface area (Å²) in [6.07, 6.45) is 0. The maximum Gasteiger partial charge on any atom is 0.252 e. The van der Waals surface area contributed by atoms with Gasteiger partial charge >= 0.3 is 0 Å². The van der Waals surface area contributed by atoms with Crippen LogP contribution in [0.4, 0.5) is 5.13 Å². The van der Waals surface area contributed by atoms with Crippen molar-refractivity contribution in [3.8, 4) is 11.3 Å². The highest BCUT2D eigenvalue weighted by atomic mass is 32.1. The summed E-state index contributed by atoms with van der Waals surface area (Å²) < 4.78 is 0. The Morgan fingerprint density at radius 2 is 1.68 bits per heavy atom. The number of rotatable bonds is 6. The molecule has 0 aliphatic rings. The van der Waals surface area contributed by atoms with Crippen molar-refractivity contribution in [3.05, 3.63) is 71.1 Å². The number of benzene rings is 2. The molecule has 1 heterocycles. The Kier molecular flexibility index (Phi) is 6.21. The number of carbonyl (C=O) groups excluding carboxylic acids is 2. The van der Waals surface area contributed by atoms with Crippen LogP contribution in [0.3, 0.4) is 0 Å².